The van der Waals surface area contributed by atoms with Crippen molar-refractivity contribution in [1.29, 1.82) is 0 Å². The van der Waals surface area contributed by atoms with Gasteiger partial charge in [-0.2, -0.15) is 0 Å². The highest BCUT2D eigenvalue weighted by Gasteiger charge is 2.14. The van der Waals surface area contributed by atoms with Gasteiger partial charge >= 0.3 is 0 Å². The van der Waals surface area contributed by atoms with Crippen molar-refractivity contribution in [1.82, 2.24) is 4.98 Å². The number of aromatic nitrogens is 1. The molecule has 0 aliphatic rings. The van der Waals surface area contributed by atoms with Gasteiger partial charge in [-0.1, -0.05) is 0 Å². The lowest BCUT2D eigenvalue weighted by molar-refractivity contribution is 0.327. The van der Waals surface area contributed by atoms with Gasteiger partial charge in [-0.3, -0.25) is 4.72 Å². The van der Waals surface area contributed by atoms with Gasteiger partial charge < -0.3 is 4.74 Å². The normalized spacial score (nSPS) is 11.1. The number of hydrogen-bond acceptors (Lipinski definition) is 4. The van der Waals surface area contributed by atoms with Crippen molar-refractivity contribution >= 4 is 15.7 Å². The summed E-state index contributed by atoms with van der Waals surface area (Å²) in [5.74, 6) is -0.0797. The molecular formula is C13H13FN2O3S. The van der Waals surface area contributed by atoms with Crippen LogP contribution in [0.25, 0.3) is 0 Å². The number of nitrogens with zero attached hydrogens (tertiary/aromatic N) is 1. The average molecular weight is 296 g/mol. The Bertz CT molecular complexity index is 670. The SMILES string of the molecule is CCOc1ccc(NS(=O)(=O)c2ccc(F)cc2)cn1. The van der Waals surface area contributed by atoms with Crippen LogP contribution in [-0.2, 0) is 10.0 Å². The average Bonchev–Trinajstić information content (AvgIpc) is 2.41. The molecular weight excluding hydrogens is 283 g/mol. The van der Waals surface area contributed by atoms with Gasteiger partial charge in [0.25, 0.3) is 10.0 Å². The molecule has 0 saturated heterocycles. The van der Waals surface area contributed by atoms with Crippen molar-refractivity contribution in [3.63, 3.8) is 0 Å². The number of halogens is 1. The molecule has 7 heteroatoms. The fourth-order valence-electron chi connectivity index (χ4n) is 1.50. The molecule has 106 valence electrons. The summed E-state index contributed by atoms with van der Waals surface area (Å²) < 4.78 is 44.4. The van der Waals surface area contributed by atoms with E-state index in [2.05, 4.69) is 9.71 Å². The summed E-state index contributed by atoms with van der Waals surface area (Å²) in [5, 5.41) is 0. The van der Waals surface area contributed by atoms with E-state index >= 15 is 0 Å². The monoisotopic (exact) mass is 296 g/mol. The van der Waals surface area contributed by atoms with Crippen LogP contribution in [0, 0.1) is 5.82 Å². The van der Waals surface area contributed by atoms with Crippen molar-refractivity contribution in [2.75, 3.05) is 11.3 Å². The van der Waals surface area contributed by atoms with Gasteiger partial charge in [0, 0.05) is 6.07 Å². The molecule has 1 heterocycles. The minimum Gasteiger partial charge on any atom is -0.478 e. The van der Waals surface area contributed by atoms with Crippen LogP contribution in [0.15, 0.2) is 47.5 Å². The summed E-state index contributed by atoms with van der Waals surface area (Å²) in [7, 11) is -3.75. The molecule has 0 spiro atoms. The number of nitrogens with one attached hydrogen (secondary N) is 1. The topological polar surface area (TPSA) is 68.3 Å². The molecule has 0 amide bonds. The van der Waals surface area contributed by atoms with E-state index in [1.165, 1.54) is 18.3 Å². The van der Waals surface area contributed by atoms with Crippen molar-refractivity contribution in [3.8, 4) is 5.88 Å². The highest BCUT2D eigenvalue weighted by molar-refractivity contribution is 7.92. The zero-order valence-electron chi connectivity index (χ0n) is 10.7. The Balaban J connectivity index is 2.17. The summed E-state index contributed by atoms with van der Waals surface area (Å²) in [6.07, 6.45) is 1.35. The predicted molar refractivity (Wildman–Crippen MR) is 72.6 cm³/mol. The maximum atomic E-state index is 12.8. The molecule has 20 heavy (non-hydrogen) atoms. The first-order chi connectivity index (χ1) is 9.51. The number of pyridine rings is 1. The number of hydrogen-bond donors (Lipinski definition) is 1. The number of rotatable bonds is 5. The first-order valence-electron chi connectivity index (χ1n) is 5.88. The zero-order chi connectivity index (χ0) is 14.6. The Labute approximate surface area is 116 Å². The summed E-state index contributed by atoms with van der Waals surface area (Å²) in [6.45, 7) is 2.31. The molecule has 0 saturated carbocycles. The second-order valence-electron chi connectivity index (χ2n) is 3.88. The van der Waals surface area contributed by atoms with E-state index in [-0.39, 0.29) is 4.90 Å². The highest BCUT2D eigenvalue weighted by atomic mass is 32.2. The van der Waals surface area contributed by atoms with E-state index in [4.69, 9.17) is 4.74 Å². The van der Waals surface area contributed by atoms with E-state index in [0.717, 1.165) is 12.1 Å². The van der Waals surface area contributed by atoms with Crippen LogP contribution in [0.3, 0.4) is 0 Å². The van der Waals surface area contributed by atoms with E-state index in [1.807, 2.05) is 6.92 Å². The van der Waals surface area contributed by atoms with Gasteiger partial charge in [0.1, 0.15) is 5.82 Å². The third-order valence-corrected chi connectivity index (χ3v) is 3.80. The molecule has 0 fully saturated rings. The van der Waals surface area contributed by atoms with Crippen LogP contribution in [0.2, 0.25) is 0 Å². The van der Waals surface area contributed by atoms with Gasteiger partial charge in [0.05, 0.1) is 23.4 Å². The van der Waals surface area contributed by atoms with E-state index in [0.29, 0.717) is 18.2 Å². The molecule has 0 aliphatic heterocycles. The summed E-state index contributed by atoms with van der Waals surface area (Å²) >= 11 is 0. The van der Waals surface area contributed by atoms with Crippen molar-refractivity contribution in [2.24, 2.45) is 0 Å². The Morgan fingerprint density at radius 2 is 1.90 bits per heavy atom. The minimum absolute atomic E-state index is 0.0206. The number of anilines is 1. The molecule has 1 aromatic heterocycles. The van der Waals surface area contributed by atoms with E-state index in [9.17, 15) is 12.8 Å². The highest BCUT2D eigenvalue weighted by Crippen LogP contribution is 2.17. The van der Waals surface area contributed by atoms with Crippen molar-refractivity contribution < 1.29 is 17.5 Å². The van der Waals surface area contributed by atoms with Gasteiger partial charge in [-0.25, -0.2) is 17.8 Å². The van der Waals surface area contributed by atoms with Crippen molar-refractivity contribution in [3.05, 3.63) is 48.4 Å². The van der Waals surface area contributed by atoms with Crippen LogP contribution in [0.1, 0.15) is 6.92 Å². The van der Waals surface area contributed by atoms with Crippen LogP contribution >= 0.6 is 0 Å². The standard InChI is InChI=1S/C13H13FN2O3S/c1-2-19-13-8-5-11(9-15-13)16-20(17,18)12-6-3-10(14)4-7-12/h3-9,16H,2H2,1H3. The lowest BCUT2D eigenvalue weighted by atomic mass is 10.4. The summed E-state index contributed by atoms with van der Waals surface area (Å²) in [5.41, 5.74) is 0.303. The molecule has 0 radical (unpaired) electrons. The maximum Gasteiger partial charge on any atom is 0.261 e. The summed E-state index contributed by atoms with van der Waals surface area (Å²) in [6, 6.07) is 7.67. The maximum absolute atomic E-state index is 12.8. The van der Waals surface area contributed by atoms with Gasteiger partial charge in [-0.05, 0) is 37.3 Å². The quantitative estimate of drug-likeness (QED) is 0.920. The fraction of sp³-hybridized carbons (Fsp3) is 0.154. The van der Waals surface area contributed by atoms with Crippen LogP contribution in [0.5, 0.6) is 5.88 Å². The third kappa shape index (κ3) is 3.45. The second kappa shape index (κ2) is 5.87. The van der Waals surface area contributed by atoms with Gasteiger partial charge in [-0.15, -0.1) is 0 Å². The van der Waals surface area contributed by atoms with E-state index in [1.54, 1.807) is 12.1 Å². The number of sulfonamides is 1. The third-order valence-electron chi connectivity index (χ3n) is 2.40. The van der Waals surface area contributed by atoms with E-state index < -0.39 is 15.8 Å². The van der Waals surface area contributed by atoms with Gasteiger partial charge in [0.2, 0.25) is 5.88 Å². The molecule has 0 aliphatic carbocycles. The summed E-state index contributed by atoms with van der Waals surface area (Å²) in [4.78, 5) is 3.93. The Morgan fingerprint density at radius 3 is 2.45 bits per heavy atom. The minimum atomic E-state index is -3.75. The molecule has 0 bridgehead atoms. The largest absolute Gasteiger partial charge is 0.478 e. The number of benzene rings is 1. The molecule has 1 aromatic carbocycles. The van der Waals surface area contributed by atoms with Gasteiger partial charge in [0.15, 0.2) is 0 Å². The molecule has 5 nitrogen and oxygen atoms in total. The lowest BCUT2D eigenvalue weighted by Crippen LogP contribution is -2.13. The molecule has 2 rings (SSSR count). The Hall–Kier alpha value is -2.15. The first-order valence-corrected chi connectivity index (χ1v) is 7.37. The number of ether oxygens (including phenoxy) is 1. The Kier molecular flexibility index (Phi) is 4.19. The Morgan fingerprint density at radius 1 is 1.20 bits per heavy atom. The molecule has 0 unspecified atom stereocenters. The van der Waals surface area contributed by atoms with Crippen LogP contribution in [-0.4, -0.2) is 20.0 Å². The van der Waals surface area contributed by atoms with Crippen molar-refractivity contribution in [2.45, 2.75) is 11.8 Å². The molecule has 2 aromatic rings. The second-order valence-corrected chi connectivity index (χ2v) is 5.56. The fourth-order valence-corrected chi connectivity index (χ4v) is 2.55. The van der Waals surface area contributed by atoms with Crippen LogP contribution < -0.4 is 9.46 Å². The predicted octanol–water partition coefficient (Wildman–Crippen LogP) is 2.42. The smallest absolute Gasteiger partial charge is 0.261 e. The molecule has 0 atom stereocenters. The lowest BCUT2D eigenvalue weighted by Gasteiger charge is -2.08. The molecule has 1 N–H and O–H groups in total. The first kappa shape index (κ1) is 14.3. The zero-order valence-corrected chi connectivity index (χ0v) is 11.5. The van der Waals surface area contributed by atoms with Crippen LogP contribution in [0.4, 0.5) is 10.1 Å².